The maximum atomic E-state index is 12.2. The number of hydrogen-bond donors (Lipinski definition) is 0. The van der Waals surface area contributed by atoms with Gasteiger partial charge in [-0.25, -0.2) is 0 Å². The molecule has 0 saturated carbocycles. The predicted octanol–water partition coefficient (Wildman–Crippen LogP) is 4.60. The van der Waals surface area contributed by atoms with Crippen molar-refractivity contribution < 1.29 is 9.53 Å². The van der Waals surface area contributed by atoms with Crippen LogP contribution in [0.5, 0.6) is 5.75 Å². The number of ketones is 1. The minimum atomic E-state index is -0.569. The number of halogens is 1. The summed E-state index contributed by atoms with van der Waals surface area (Å²) < 4.78 is 6.32. The Kier molecular flexibility index (Phi) is 3.90. The van der Waals surface area contributed by atoms with Crippen molar-refractivity contribution in [1.82, 2.24) is 4.98 Å². The minimum absolute atomic E-state index is 0.0759. The minimum Gasteiger partial charge on any atom is -0.482 e. The molecule has 3 nitrogen and oxygen atoms in total. The molecule has 0 saturated heterocycles. The van der Waals surface area contributed by atoms with Gasteiger partial charge in [-0.3, -0.25) is 9.78 Å². The molecule has 0 bridgehead atoms. The lowest BCUT2D eigenvalue weighted by atomic mass is 10.2. The van der Waals surface area contributed by atoms with Crippen molar-refractivity contribution in [2.75, 3.05) is 0 Å². The summed E-state index contributed by atoms with van der Waals surface area (Å²) in [7, 11) is 0. The van der Waals surface area contributed by atoms with Gasteiger partial charge in [-0.2, -0.15) is 0 Å². The maximum absolute atomic E-state index is 12.2. The molecule has 21 heavy (non-hydrogen) atoms. The maximum Gasteiger partial charge on any atom is 0.212 e. The van der Waals surface area contributed by atoms with E-state index in [-0.39, 0.29) is 5.78 Å². The van der Waals surface area contributed by atoms with Crippen LogP contribution in [-0.4, -0.2) is 16.9 Å². The number of hydrogen-bond acceptors (Lipinski definition) is 4. The van der Waals surface area contributed by atoms with Crippen LogP contribution in [-0.2, 0) is 0 Å². The topological polar surface area (TPSA) is 39.2 Å². The van der Waals surface area contributed by atoms with Crippen molar-refractivity contribution >= 4 is 39.6 Å². The molecule has 1 atom stereocenters. The van der Waals surface area contributed by atoms with Gasteiger partial charge in [-0.15, -0.1) is 11.3 Å². The number of fused-ring (bicyclic) bond motifs is 1. The van der Waals surface area contributed by atoms with E-state index in [0.29, 0.717) is 15.0 Å². The molecule has 0 radical (unpaired) electrons. The normalized spacial score (nSPS) is 12.3. The molecular weight excluding hydrogens is 306 g/mol. The molecule has 3 aromatic rings. The number of Topliss-reactive ketones (excluding diaryl/α,β-unsaturated/α-hetero) is 1. The monoisotopic (exact) mass is 317 g/mol. The molecule has 0 amide bonds. The van der Waals surface area contributed by atoms with Crippen molar-refractivity contribution in [3.63, 3.8) is 0 Å². The van der Waals surface area contributed by atoms with Gasteiger partial charge in [0.05, 0.1) is 14.7 Å². The standard InChI is InChI=1S/C16H12ClNO2S/c1-10(16(19)14-6-7-15(17)21-14)20-12-5-4-11-3-2-8-18-13(11)9-12/h2-10H,1H3. The zero-order chi connectivity index (χ0) is 14.8. The van der Waals surface area contributed by atoms with Crippen LogP contribution in [0.4, 0.5) is 0 Å². The molecule has 0 aliphatic carbocycles. The van der Waals surface area contributed by atoms with Gasteiger partial charge in [-0.05, 0) is 37.3 Å². The Morgan fingerprint density at radius 1 is 1.29 bits per heavy atom. The lowest BCUT2D eigenvalue weighted by molar-refractivity contribution is 0.0822. The van der Waals surface area contributed by atoms with Crippen LogP contribution in [0.25, 0.3) is 10.9 Å². The third-order valence-corrected chi connectivity index (χ3v) is 4.32. The smallest absolute Gasteiger partial charge is 0.212 e. The number of nitrogens with zero attached hydrogens (tertiary/aromatic N) is 1. The zero-order valence-corrected chi connectivity index (χ0v) is 12.8. The second-order valence-electron chi connectivity index (χ2n) is 4.59. The van der Waals surface area contributed by atoms with Crippen molar-refractivity contribution in [3.8, 4) is 5.75 Å². The predicted molar refractivity (Wildman–Crippen MR) is 85.5 cm³/mol. The third-order valence-electron chi connectivity index (χ3n) is 3.08. The average Bonchev–Trinajstić information content (AvgIpc) is 2.93. The first kappa shape index (κ1) is 14.0. The van der Waals surface area contributed by atoms with Gasteiger partial charge in [0.25, 0.3) is 0 Å². The second-order valence-corrected chi connectivity index (χ2v) is 6.30. The third kappa shape index (κ3) is 3.06. The molecule has 1 unspecified atom stereocenters. The summed E-state index contributed by atoms with van der Waals surface area (Å²) >= 11 is 7.11. The molecule has 0 aliphatic rings. The summed E-state index contributed by atoms with van der Waals surface area (Å²) in [6, 6.07) is 12.9. The van der Waals surface area contributed by atoms with E-state index in [1.165, 1.54) is 11.3 Å². The van der Waals surface area contributed by atoms with E-state index >= 15 is 0 Å². The Morgan fingerprint density at radius 3 is 2.90 bits per heavy atom. The van der Waals surface area contributed by atoms with Crippen LogP contribution in [0.2, 0.25) is 4.34 Å². The molecular formula is C16H12ClNO2S. The molecule has 3 rings (SSSR count). The summed E-state index contributed by atoms with van der Waals surface area (Å²) in [6.45, 7) is 1.73. The van der Waals surface area contributed by atoms with E-state index in [9.17, 15) is 4.79 Å². The van der Waals surface area contributed by atoms with Crippen LogP contribution in [0.1, 0.15) is 16.6 Å². The number of thiophene rings is 1. The first-order chi connectivity index (χ1) is 10.1. The Morgan fingerprint density at radius 2 is 2.14 bits per heavy atom. The largest absolute Gasteiger partial charge is 0.482 e. The highest BCUT2D eigenvalue weighted by molar-refractivity contribution is 7.18. The van der Waals surface area contributed by atoms with E-state index < -0.39 is 6.10 Å². The Balaban J connectivity index is 1.79. The Labute approximate surface area is 131 Å². The van der Waals surface area contributed by atoms with Crippen molar-refractivity contribution in [2.24, 2.45) is 0 Å². The molecule has 2 aromatic heterocycles. The fourth-order valence-electron chi connectivity index (χ4n) is 2.02. The SMILES string of the molecule is CC(Oc1ccc2cccnc2c1)C(=O)c1ccc(Cl)s1. The summed E-state index contributed by atoms with van der Waals surface area (Å²) in [5, 5.41) is 1.04. The van der Waals surface area contributed by atoms with Gasteiger partial charge >= 0.3 is 0 Å². The van der Waals surface area contributed by atoms with Gasteiger partial charge in [0, 0.05) is 17.6 Å². The van der Waals surface area contributed by atoms with Gasteiger partial charge in [0.2, 0.25) is 5.78 Å². The lowest BCUT2D eigenvalue weighted by Crippen LogP contribution is -2.23. The van der Waals surface area contributed by atoms with Crippen LogP contribution < -0.4 is 4.74 Å². The highest BCUT2D eigenvalue weighted by atomic mass is 35.5. The summed E-state index contributed by atoms with van der Waals surface area (Å²) in [5.74, 6) is 0.553. The van der Waals surface area contributed by atoms with E-state index in [1.807, 2.05) is 30.3 Å². The van der Waals surface area contributed by atoms with Crippen molar-refractivity contribution in [3.05, 3.63) is 57.9 Å². The van der Waals surface area contributed by atoms with Gasteiger partial charge in [-0.1, -0.05) is 17.7 Å². The highest BCUT2D eigenvalue weighted by Crippen LogP contribution is 2.25. The number of rotatable bonds is 4. The van der Waals surface area contributed by atoms with Gasteiger partial charge in [0.1, 0.15) is 5.75 Å². The molecule has 0 spiro atoms. The molecule has 0 fully saturated rings. The van der Waals surface area contributed by atoms with Crippen LogP contribution >= 0.6 is 22.9 Å². The van der Waals surface area contributed by atoms with Crippen molar-refractivity contribution in [1.29, 1.82) is 0 Å². The lowest BCUT2D eigenvalue weighted by Gasteiger charge is -2.13. The fourth-order valence-corrected chi connectivity index (χ4v) is 3.09. The number of carbonyl (C=O) groups excluding carboxylic acids is 1. The highest BCUT2D eigenvalue weighted by Gasteiger charge is 2.18. The van der Waals surface area contributed by atoms with Gasteiger partial charge in [0.15, 0.2) is 6.10 Å². The molecule has 106 valence electrons. The summed E-state index contributed by atoms with van der Waals surface area (Å²) in [4.78, 5) is 17.1. The fraction of sp³-hybridized carbons (Fsp3) is 0.125. The van der Waals surface area contributed by atoms with Crippen LogP contribution in [0.3, 0.4) is 0 Å². The van der Waals surface area contributed by atoms with Crippen LogP contribution in [0.15, 0.2) is 48.7 Å². The second kappa shape index (κ2) is 5.84. The Bertz CT molecular complexity index is 800. The number of benzene rings is 1. The van der Waals surface area contributed by atoms with E-state index in [4.69, 9.17) is 16.3 Å². The zero-order valence-electron chi connectivity index (χ0n) is 11.2. The van der Waals surface area contributed by atoms with E-state index in [0.717, 1.165) is 10.9 Å². The molecule has 1 aromatic carbocycles. The Hall–Kier alpha value is -1.91. The van der Waals surface area contributed by atoms with Gasteiger partial charge < -0.3 is 4.74 Å². The molecule has 2 heterocycles. The number of pyridine rings is 1. The summed E-state index contributed by atoms with van der Waals surface area (Å²) in [5.41, 5.74) is 0.841. The van der Waals surface area contributed by atoms with E-state index in [1.54, 1.807) is 25.3 Å². The van der Waals surface area contributed by atoms with Crippen LogP contribution in [0, 0.1) is 0 Å². The first-order valence-corrected chi connectivity index (χ1v) is 7.64. The first-order valence-electron chi connectivity index (χ1n) is 6.44. The number of aromatic nitrogens is 1. The molecule has 5 heteroatoms. The average molecular weight is 318 g/mol. The van der Waals surface area contributed by atoms with Crippen molar-refractivity contribution in [2.45, 2.75) is 13.0 Å². The molecule has 0 N–H and O–H groups in total. The quantitative estimate of drug-likeness (QED) is 0.660. The number of carbonyl (C=O) groups is 1. The van der Waals surface area contributed by atoms with E-state index in [2.05, 4.69) is 4.98 Å². The molecule has 0 aliphatic heterocycles. The number of ether oxygens (including phenoxy) is 1. The summed E-state index contributed by atoms with van der Waals surface area (Å²) in [6.07, 6.45) is 1.16.